The van der Waals surface area contributed by atoms with Crippen LogP contribution in [0.5, 0.6) is 5.75 Å². The van der Waals surface area contributed by atoms with Gasteiger partial charge in [-0.3, -0.25) is 0 Å². The van der Waals surface area contributed by atoms with Crippen LogP contribution in [0.1, 0.15) is 64.8 Å². The second-order valence-electron chi connectivity index (χ2n) is 15.7. The van der Waals surface area contributed by atoms with Crippen LogP contribution in [0.15, 0.2) is 170 Å². The molecule has 0 aliphatic carbocycles. The van der Waals surface area contributed by atoms with Gasteiger partial charge < -0.3 is 28.8 Å². The van der Waals surface area contributed by atoms with Gasteiger partial charge in [0.25, 0.3) is 0 Å². The van der Waals surface area contributed by atoms with Crippen LogP contribution in [0.2, 0.25) is 5.02 Å². The molecule has 7 heteroatoms. The molecule has 0 aromatic heterocycles. The monoisotopic (exact) mass is 822 g/mol. The maximum atomic E-state index is 12.2. The smallest absolute Gasteiger partial charge is 0.130 e. The van der Waals surface area contributed by atoms with Crippen molar-refractivity contribution in [2.45, 2.75) is 89.6 Å². The maximum Gasteiger partial charge on any atom is 0.130 e. The summed E-state index contributed by atoms with van der Waals surface area (Å²) in [4.78, 5) is 0. The molecule has 6 aromatic carbocycles. The zero-order valence-corrected chi connectivity index (χ0v) is 35.3. The van der Waals surface area contributed by atoms with Crippen LogP contribution < -0.4 is 0 Å². The average molecular weight is 823 g/mol. The highest BCUT2D eigenvalue weighted by Gasteiger charge is 2.58. The van der Waals surface area contributed by atoms with E-state index in [0.717, 1.165) is 45.4 Å². The van der Waals surface area contributed by atoms with Gasteiger partial charge in [-0.15, -0.1) is 6.58 Å². The minimum atomic E-state index is -1.33. The van der Waals surface area contributed by atoms with E-state index in [1.54, 1.807) is 6.07 Å². The average Bonchev–Trinajstić information content (AvgIpc) is 3.27. The predicted molar refractivity (Wildman–Crippen MR) is 239 cm³/mol. The van der Waals surface area contributed by atoms with Crippen LogP contribution in [0.25, 0.3) is 0 Å². The first-order chi connectivity index (χ1) is 29.3. The summed E-state index contributed by atoms with van der Waals surface area (Å²) in [5.74, 6) is -0.00550. The van der Waals surface area contributed by atoms with E-state index in [0.29, 0.717) is 36.6 Å². The minimum absolute atomic E-state index is 0.00550. The van der Waals surface area contributed by atoms with Gasteiger partial charge in [0.2, 0.25) is 0 Å². The molecule has 1 N–H and O–H groups in total. The molecule has 6 aromatic rings. The van der Waals surface area contributed by atoms with Crippen molar-refractivity contribution in [2.75, 3.05) is 6.61 Å². The molecule has 1 heterocycles. The maximum absolute atomic E-state index is 12.2. The van der Waals surface area contributed by atoms with Gasteiger partial charge in [0.15, 0.2) is 0 Å². The molecule has 310 valence electrons. The summed E-state index contributed by atoms with van der Waals surface area (Å²) in [6, 6.07) is 52.5. The molecule has 1 saturated heterocycles. The van der Waals surface area contributed by atoms with Gasteiger partial charge in [-0.25, -0.2) is 0 Å². The number of benzene rings is 6. The van der Waals surface area contributed by atoms with Crippen LogP contribution in [-0.4, -0.2) is 36.1 Å². The zero-order chi connectivity index (χ0) is 41.7. The molecule has 1 aliphatic rings. The molecule has 1 fully saturated rings. The quantitative estimate of drug-likeness (QED) is 0.0821. The van der Waals surface area contributed by atoms with Crippen LogP contribution in [-0.2, 0) is 68.6 Å². The number of aryl methyl sites for hydroxylation is 1. The summed E-state index contributed by atoms with van der Waals surface area (Å²) in [6.45, 7) is 9.93. The fourth-order valence-electron chi connectivity index (χ4n) is 8.05. The Kier molecular flexibility index (Phi) is 15.0. The number of ether oxygens (including phenoxy) is 5. The van der Waals surface area contributed by atoms with Crippen molar-refractivity contribution in [3.63, 3.8) is 0 Å². The Hall–Kier alpha value is -5.05. The summed E-state index contributed by atoms with van der Waals surface area (Å²) >= 11 is 6.99. The van der Waals surface area contributed by atoms with E-state index in [1.165, 1.54) is 5.56 Å². The first kappa shape index (κ1) is 43.1. The van der Waals surface area contributed by atoms with E-state index in [2.05, 4.69) is 37.8 Å². The summed E-state index contributed by atoms with van der Waals surface area (Å²) in [5.41, 5.74) is 7.29. The Balaban J connectivity index is 1.37. The van der Waals surface area contributed by atoms with Crippen molar-refractivity contribution in [1.82, 2.24) is 0 Å². The molecule has 6 nitrogen and oxygen atoms in total. The summed E-state index contributed by atoms with van der Waals surface area (Å²) in [7, 11) is 0. The van der Waals surface area contributed by atoms with Crippen molar-refractivity contribution in [1.29, 1.82) is 0 Å². The summed E-state index contributed by atoms with van der Waals surface area (Å²) < 4.78 is 35.3. The first-order valence-electron chi connectivity index (χ1n) is 20.8. The third kappa shape index (κ3) is 11.0. The molecule has 0 bridgehead atoms. The van der Waals surface area contributed by atoms with Gasteiger partial charge in [-0.2, -0.15) is 0 Å². The van der Waals surface area contributed by atoms with Gasteiger partial charge in [-0.05, 0) is 70.8 Å². The molecule has 0 amide bonds. The van der Waals surface area contributed by atoms with E-state index in [-0.39, 0.29) is 25.6 Å². The normalized spacial score (nSPS) is 20.2. The molecule has 5 atom stereocenters. The Morgan fingerprint density at radius 2 is 1.12 bits per heavy atom. The Morgan fingerprint density at radius 1 is 0.633 bits per heavy atom. The highest BCUT2D eigenvalue weighted by molar-refractivity contribution is 6.31. The van der Waals surface area contributed by atoms with Crippen LogP contribution in [0, 0.1) is 0 Å². The van der Waals surface area contributed by atoms with Gasteiger partial charge in [-0.1, -0.05) is 170 Å². The van der Waals surface area contributed by atoms with Crippen molar-refractivity contribution in [3.8, 4) is 5.75 Å². The number of hydrogen-bond acceptors (Lipinski definition) is 6. The predicted octanol–water partition coefficient (Wildman–Crippen LogP) is 11.7. The fourth-order valence-corrected chi connectivity index (χ4v) is 8.28. The van der Waals surface area contributed by atoms with E-state index >= 15 is 0 Å². The molecule has 7 rings (SSSR count). The van der Waals surface area contributed by atoms with E-state index in [1.807, 2.05) is 134 Å². The lowest BCUT2D eigenvalue weighted by atomic mass is 9.75. The molecule has 0 saturated carbocycles. The molecule has 1 aliphatic heterocycles. The van der Waals surface area contributed by atoms with Gasteiger partial charge in [0.1, 0.15) is 35.8 Å². The van der Waals surface area contributed by atoms with Gasteiger partial charge in [0.05, 0.1) is 33.0 Å². The molecule has 0 radical (unpaired) electrons. The SMILES string of the molecule is C=C(C)C[C@@]1(c2cc(Cc3ccc(CC)cc3)c(Cl)cc2O)O[C@H](COCc2ccccc2)[C@@H](OCc2ccccc2)[C@@H](OCc2ccccc2)[C@@H]1OCc1ccccc1. The first-order valence-corrected chi connectivity index (χ1v) is 21.2. The largest absolute Gasteiger partial charge is 0.508 e. The van der Waals surface area contributed by atoms with E-state index in [4.69, 9.17) is 35.3 Å². The van der Waals surface area contributed by atoms with Gasteiger partial charge in [0, 0.05) is 17.0 Å². The highest BCUT2D eigenvalue weighted by Crippen LogP contribution is 2.50. The molecule has 0 spiro atoms. The third-order valence-electron chi connectivity index (χ3n) is 11.1. The number of hydrogen-bond donors (Lipinski definition) is 1. The summed E-state index contributed by atoms with van der Waals surface area (Å²) in [5, 5.41) is 12.6. The molecular formula is C53H55ClO6. The lowest BCUT2D eigenvalue weighted by Crippen LogP contribution is -2.65. The fraction of sp³-hybridized carbons (Fsp3) is 0.283. The number of phenolic OH excluding ortho intramolecular Hbond substituents is 1. The second kappa shape index (κ2) is 21.0. The number of rotatable bonds is 19. The highest BCUT2D eigenvalue weighted by atomic mass is 35.5. The van der Waals surface area contributed by atoms with Crippen LogP contribution in [0.4, 0.5) is 0 Å². The number of aromatic hydroxyl groups is 1. The second-order valence-corrected chi connectivity index (χ2v) is 16.1. The third-order valence-corrected chi connectivity index (χ3v) is 11.4. The number of phenols is 1. The van der Waals surface area contributed by atoms with E-state index in [9.17, 15) is 5.11 Å². The van der Waals surface area contributed by atoms with Crippen molar-refractivity contribution in [3.05, 3.63) is 219 Å². The lowest BCUT2D eigenvalue weighted by molar-refractivity contribution is -0.313. The van der Waals surface area contributed by atoms with Crippen molar-refractivity contribution in [2.24, 2.45) is 0 Å². The summed E-state index contributed by atoms with van der Waals surface area (Å²) in [6.07, 6.45) is -1.05. The van der Waals surface area contributed by atoms with Crippen molar-refractivity contribution < 1.29 is 28.8 Å². The minimum Gasteiger partial charge on any atom is -0.508 e. The standard InChI is InChI=1S/C53H55ClO6/c1-4-39-25-27-40(28-26-39)29-45-30-46(48(55)31-47(45)54)53(32-38(2)3)52(59-36-44-23-15-8-16-24-44)51(58-35-43-21-13-7-14-22-43)50(57-34-42-19-11-6-12-20-42)49(60-53)37-56-33-41-17-9-5-10-18-41/h5-28,30-31,49-52,55H,2,4,29,32-37H2,1,3H3/t49-,50-,51-,52+,53+/m1/s1. The number of halogens is 1. The Bertz CT molecular complexity index is 2230. The topological polar surface area (TPSA) is 66.4 Å². The molecular weight excluding hydrogens is 768 g/mol. The zero-order valence-electron chi connectivity index (χ0n) is 34.6. The van der Waals surface area contributed by atoms with E-state index < -0.39 is 30.0 Å². The molecule has 60 heavy (non-hydrogen) atoms. The van der Waals surface area contributed by atoms with Crippen LogP contribution in [0.3, 0.4) is 0 Å². The van der Waals surface area contributed by atoms with Crippen molar-refractivity contribution >= 4 is 11.6 Å². The van der Waals surface area contributed by atoms with Crippen LogP contribution >= 0.6 is 11.6 Å². The molecule has 0 unspecified atom stereocenters. The Morgan fingerprint density at radius 3 is 1.63 bits per heavy atom. The lowest BCUT2D eigenvalue weighted by Gasteiger charge is -2.53. The van der Waals surface area contributed by atoms with Gasteiger partial charge >= 0.3 is 0 Å². The Labute approximate surface area is 360 Å².